The zero-order chi connectivity index (χ0) is 20.2. The molecule has 0 spiro atoms. The Morgan fingerprint density at radius 1 is 1.10 bits per heavy atom. The van der Waals surface area contributed by atoms with Gasteiger partial charge in [-0.1, -0.05) is 48.0 Å². The number of amides is 1. The Morgan fingerprint density at radius 2 is 1.83 bits per heavy atom. The summed E-state index contributed by atoms with van der Waals surface area (Å²) in [7, 11) is 0. The molecule has 6 heteroatoms. The third-order valence-corrected chi connectivity index (χ3v) is 5.82. The summed E-state index contributed by atoms with van der Waals surface area (Å²) in [6.07, 6.45) is 3.66. The maximum Gasteiger partial charge on any atom is 0.272 e. The summed E-state index contributed by atoms with van der Waals surface area (Å²) in [5, 5.41) is 8.13. The third kappa shape index (κ3) is 4.69. The number of nitrogens with one attached hydrogen (secondary N) is 1. The third-order valence-electron chi connectivity index (χ3n) is 5.50. The first-order valence-corrected chi connectivity index (χ1v) is 10.4. The topological polar surface area (TPSA) is 50.2 Å². The van der Waals surface area contributed by atoms with Crippen molar-refractivity contribution >= 4 is 17.5 Å². The Labute approximate surface area is 176 Å². The molecule has 1 saturated heterocycles. The minimum atomic E-state index is -0.131. The summed E-state index contributed by atoms with van der Waals surface area (Å²) in [5.74, 6) is -0.131. The van der Waals surface area contributed by atoms with E-state index in [9.17, 15) is 4.79 Å². The number of nitrogens with zero attached hydrogens (tertiary/aromatic N) is 3. The van der Waals surface area contributed by atoms with E-state index in [1.807, 2.05) is 24.3 Å². The number of carbonyl (C=O) groups is 1. The lowest BCUT2D eigenvalue weighted by Gasteiger charge is -2.32. The second kappa shape index (κ2) is 8.80. The summed E-state index contributed by atoms with van der Waals surface area (Å²) < 4.78 is 1.64. The van der Waals surface area contributed by atoms with Crippen molar-refractivity contribution < 1.29 is 4.79 Å². The minimum absolute atomic E-state index is 0.131. The standard InChI is InChI=1S/C23H25ClN4O/c1-17-6-2-3-7-18(17)16-27-13-10-19(11-14-27)25-23(29)21-12-15-28(26-21)22-9-5-4-8-20(22)24/h2-9,12,15,19H,10-11,13-14,16H2,1H3,(H,25,29). The Bertz CT molecular complexity index is 992. The summed E-state index contributed by atoms with van der Waals surface area (Å²) in [6, 6.07) is 17.9. The van der Waals surface area contributed by atoms with Crippen LogP contribution in [0.5, 0.6) is 0 Å². The van der Waals surface area contributed by atoms with Gasteiger partial charge < -0.3 is 5.32 Å². The van der Waals surface area contributed by atoms with Crippen LogP contribution in [0.2, 0.25) is 5.02 Å². The number of carbonyl (C=O) groups excluding carboxylic acids is 1. The molecule has 2 heterocycles. The summed E-state index contributed by atoms with van der Waals surface area (Å²) in [4.78, 5) is 15.1. The highest BCUT2D eigenvalue weighted by molar-refractivity contribution is 6.32. The molecule has 1 aromatic heterocycles. The van der Waals surface area contributed by atoms with Gasteiger partial charge in [0.15, 0.2) is 5.69 Å². The number of rotatable bonds is 5. The van der Waals surface area contributed by atoms with Gasteiger partial charge >= 0.3 is 0 Å². The summed E-state index contributed by atoms with van der Waals surface area (Å²) in [6.45, 7) is 5.08. The zero-order valence-electron chi connectivity index (χ0n) is 16.5. The molecule has 3 aromatic rings. The van der Waals surface area contributed by atoms with Gasteiger partial charge in [-0.3, -0.25) is 9.69 Å². The lowest BCUT2D eigenvalue weighted by atomic mass is 10.0. The van der Waals surface area contributed by atoms with Crippen molar-refractivity contribution in [3.63, 3.8) is 0 Å². The fourth-order valence-electron chi connectivity index (χ4n) is 3.74. The van der Waals surface area contributed by atoms with Gasteiger partial charge in [-0.25, -0.2) is 4.68 Å². The van der Waals surface area contributed by atoms with Crippen LogP contribution < -0.4 is 5.32 Å². The van der Waals surface area contributed by atoms with Crippen LogP contribution in [0.25, 0.3) is 5.69 Å². The predicted molar refractivity (Wildman–Crippen MR) is 116 cm³/mol. The molecular weight excluding hydrogens is 384 g/mol. The number of likely N-dealkylation sites (tertiary alicyclic amines) is 1. The highest BCUT2D eigenvalue weighted by atomic mass is 35.5. The Balaban J connectivity index is 1.31. The molecule has 1 amide bonds. The molecule has 0 atom stereocenters. The van der Waals surface area contributed by atoms with Crippen molar-refractivity contribution in [2.45, 2.75) is 32.4 Å². The Hall–Kier alpha value is -2.63. The quantitative estimate of drug-likeness (QED) is 0.687. The maximum absolute atomic E-state index is 12.6. The van der Waals surface area contributed by atoms with Crippen molar-refractivity contribution in [3.05, 3.63) is 82.6 Å². The van der Waals surface area contributed by atoms with Crippen LogP contribution in [0.3, 0.4) is 0 Å². The van der Waals surface area contributed by atoms with E-state index in [-0.39, 0.29) is 11.9 Å². The monoisotopic (exact) mass is 408 g/mol. The van der Waals surface area contributed by atoms with Crippen LogP contribution >= 0.6 is 11.6 Å². The average molecular weight is 409 g/mol. The van der Waals surface area contributed by atoms with Crippen LogP contribution in [0.4, 0.5) is 0 Å². The van der Waals surface area contributed by atoms with E-state index < -0.39 is 0 Å². The van der Waals surface area contributed by atoms with Gasteiger partial charge in [0.05, 0.1) is 10.7 Å². The lowest BCUT2D eigenvalue weighted by Crippen LogP contribution is -2.44. The van der Waals surface area contributed by atoms with E-state index in [1.165, 1.54) is 11.1 Å². The average Bonchev–Trinajstić information content (AvgIpc) is 3.22. The van der Waals surface area contributed by atoms with E-state index in [1.54, 1.807) is 16.9 Å². The molecule has 4 rings (SSSR count). The van der Waals surface area contributed by atoms with Crippen molar-refractivity contribution in [3.8, 4) is 5.69 Å². The van der Waals surface area contributed by atoms with Gasteiger partial charge in [0.25, 0.3) is 5.91 Å². The van der Waals surface area contributed by atoms with Gasteiger partial charge in [0.2, 0.25) is 0 Å². The molecule has 1 N–H and O–H groups in total. The van der Waals surface area contributed by atoms with Crippen molar-refractivity contribution in [2.24, 2.45) is 0 Å². The van der Waals surface area contributed by atoms with Crippen LogP contribution in [-0.4, -0.2) is 39.7 Å². The number of hydrogen-bond donors (Lipinski definition) is 1. The summed E-state index contributed by atoms with van der Waals surface area (Å²) in [5.41, 5.74) is 3.88. The normalized spacial score (nSPS) is 15.4. The van der Waals surface area contributed by atoms with Crippen LogP contribution in [0.1, 0.15) is 34.5 Å². The van der Waals surface area contributed by atoms with Crippen LogP contribution in [-0.2, 0) is 6.54 Å². The Morgan fingerprint density at radius 3 is 2.59 bits per heavy atom. The molecule has 29 heavy (non-hydrogen) atoms. The van der Waals surface area contributed by atoms with Crippen LogP contribution in [0.15, 0.2) is 60.8 Å². The number of aromatic nitrogens is 2. The SMILES string of the molecule is Cc1ccccc1CN1CCC(NC(=O)c2ccn(-c3ccccc3Cl)n2)CC1. The smallest absolute Gasteiger partial charge is 0.272 e. The van der Waals surface area contributed by atoms with Gasteiger partial charge in [-0.05, 0) is 49.1 Å². The summed E-state index contributed by atoms with van der Waals surface area (Å²) >= 11 is 6.22. The van der Waals surface area contributed by atoms with E-state index >= 15 is 0 Å². The van der Waals surface area contributed by atoms with Crippen LogP contribution in [0, 0.1) is 6.92 Å². The van der Waals surface area contributed by atoms with E-state index in [0.29, 0.717) is 10.7 Å². The number of hydrogen-bond acceptors (Lipinski definition) is 3. The predicted octanol–water partition coefficient (Wildman–Crippen LogP) is 4.23. The van der Waals surface area contributed by atoms with Gasteiger partial charge in [0, 0.05) is 31.9 Å². The van der Waals surface area contributed by atoms with Gasteiger partial charge in [-0.2, -0.15) is 5.10 Å². The first-order chi connectivity index (χ1) is 14.1. The maximum atomic E-state index is 12.6. The van der Waals surface area contributed by atoms with E-state index in [2.05, 4.69) is 46.5 Å². The molecule has 1 fully saturated rings. The lowest BCUT2D eigenvalue weighted by molar-refractivity contribution is 0.0903. The van der Waals surface area contributed by atoms with Crippen molar-refractivity contribution in [1.29, 1.82) is 0 Å². The molecule has 0 aliphatic carbocycles. The molecule has 0 bridgehead atoms. The number of halogens is 1. The molecule has 1 aliphatic rings. The second-order valence-corrected chi connectivity index (χ2v) is 7.95. The molecular formula is C23H25ClN4O. The molecule has 0 saturated carbocycles. The van der Waals surface area contributed by atoms with Gasteiger partial charge in [0.1, 0.15) is 0 Å². The largest absolute Gasteiger partial charge is 0.348 e. The molecule has 150 valence electrons. The highest BCUT2D eigenvalue weighted by Crippen LogP contribution is 2.20. The first-order valence-electron chi connectivity index (χ1n) is 9.98. The van der Waals surface area contributed by atoms with Crippen molar-refractivity contribution in [1.82, 2.24) is 20.0 Å². The minimum Gasteiger partial charge on any atom is -0.348 e. The van der Waals surface area contributed by atoms with E-state index in [4.69, 9.17) is 11.6 Å². The van der Waals surface area contributed by atoms with Gasteiger partial charge in [-0.15, -0.1) is 0 Å². The number of aryl methyl sites for hydroxylation is 1. The number of benzene rings is 2. The molecule has 1 aliphatic heterocycles. The number of para-hydroxylation sites is 1. The van der Waals surface area contributed by atoms with E-state index in [0.717, 1.165) is 38.2 Å². The molecule has 2 aromatic carbocycles. The Kier molecular flexibility index (Phi) is 5.97. The fourth-order valence-corrected chi connectivity index (χ4v) is 3.96. The molecule has 0 radical (unpaired) electrons. The fraction of sp³-hybridized carbons (Fsp3) is 0.304. The second-order valence-electron chi connectivity index (χ2n) is 7.55. The molecule has 0 unspecified atom stereocenters. The molecule has 5 nitrogen and oxygen atoms in total. The zero-order valence-corrected chi connectivity index (χ0v) is 17.3. The number of piperidine rings is 1. The first kappa shape index (κ1) is 19.7. The van der Waals surface area contributed by atoms with Crippen molar-refractivity contribution in [2.75, 3.05) is 13.1 Å². The highest BCUT2D eigenvalue weighted by Gasteiger charge is 2.22.